The highest BCUT2D eigenvalue weighted by atomic mass is 16.6. The van der Waals surface area contributed by atoms with Crippen molar-refractivity contribution in [3.8, 4) is 0 Å². The monoisotopic (exact) mass is 993 g/mol. The standard InChI is InChI=1S/C65H116O6/c1-4-7-10-13-16-19-22-25-28-30-32-34-37-40-43-46-49-52-55-58-64(67)70-61-62(60-69-63(66)57-54-51-48-45-42-39-36-27-24-21-18-15-12-9-6-3)71-65(68)59-56-53-50-47-44-41-38-35-33-31-29-26-23-20-17-14-11-8-5-2/h9,12,15,18,21,24,27,36,39,42,62H,4-8,10-11,13-14,16-17,19-20,22-23,25-26,28-35,37-38,40-41,43-61H2,1-3H3/b12-9-,18-15-,24-21-,36-27-,42-39-. The maximum Gasteiger partial charge on any atom is 0.306 e. The lowest BCUT2D eigenvalue weighted by molar-refractivity contribution is -0.167. The number of hydrogen-bond donors (Lipinski definition) is 0. The molecule has 0 aliphatic heterocycles. The van der Waals surface area contributed by atoms with Gasteiger partial charge in [-0.25, -0.2) is 0 Å². The maximum absolute atomic E-state index is 12.9. The Balaban J connectivity index is 4.37. The Hall–Kier alpha value is -2.89. The van der Waals surface area contributed by atoms with Gasteiger partial charge in [0.15, 0.2) is 6.10 Å². The lowest BCUT2D eigenvalue weighted by Gasteiger charge is -2.18. The summed E-state index contributed by atoms with van der Waals surface area (Å²) in [4.78, 5) is 38.2. The molecule has 0 aromatic rings. The molecule has 0 aliphatic rings. The van der Waals surface area contributed by atoms with Crippen molar-refractivity contribution in [3.63, 3.8) is 0 Å². The second-order valence-corrected chi connectivity index (χ2v) is 20.7. The van der Waals surface area contributed by atoms with Crippen LogP contribution in [-0.4, -0.2) is 37.2 Å². The second kappa shape index (κ2) is 59.7. The van der Waals surface area contributed by atoms with Crippen LogP contribution in [0.5, 0.6) is 0 Å². The molecule has 6 heteroatoms. The van der Waals surface area contributed by atoms with Crippen LogP contribution >= 0.6 is 0 Å². The molecule has 1 atom stereocenters. The van der Waals surface area contributed by atoms with E-state index in [2.05, 4.69) is 45.1 Å². The van der Waals surface area contributed by atoms with E-state index in [1.165, 1.54) is 205 Å². The molecule has 0 saturated heterocycles. The number of esters is 3. The smallest absolute Gasteiger partial charge is 0.306 e. The zero-order chi connectivity index (χ0) is 51.4. The number of hydrogen-bond acceptors (Lipinski definition) is 6. The first-order valence-corrected chi connectivity index (χ1v) is 30.9. The first-order chi connectivity index (χ1) is 35.0. The maximum atomic E-state index is 12.9. The summed E-state index contributed by atoms with van der Waals surface area (Å²) in [6.45, 7) is 6.51. The summed E-state index contributed by atoms with van der Waals surface area (Å²) >= 11 is 0. The van der Waals surface area contributed by atoms with Gasteiger partial charge in [0.25, 0.3) is 0 Å². The summed E-state index contributed by atoms with van der Waals surface area (Å²) in [5.74, 6) is -0.907. The molecule has 0 rings (SSSR count). The van der Waals surface area contributed by atoms with Gasteiger partial charge in [0, 0.05) is 19.3 Å². The van der Waals surface area contributed by atoms with E-state index in [1.54, 1.807) is 0 Å². The van der Waals surface area contributed by atoms with Crippen LogP contribution in [-0.2, 0) is 28.6 Å². The summed E-state index contributed by atoms with van der Waals surface area (Å²) < 4.78 is 16.9. The van der Waals surface area contributed by atoms with Gasteiger partial charge in [-0.15, -0.1) is 0 Å². The van der Waals surface area contributed by atoms with E-state index in [1.807, 2.05) is 36.5 Å². The molecule has 1 unspecified atom stereocenters. The minimum atomic E-state index is -0.789. The Morgan fingerprint density at radius 3 is 0.859 bits per heavy atom. The van der Waals surface area contributed by atoms with Gasteiger partial charge in [-0.3, -0.25) is 14.4 Å². The summed E-state index contributed by atoms with van der Waals surface area (Å²) in [6, 6.07) is 0. The quantitative estimate of drug-likeness (QED) is 0.0261. The molecule has 0 heterocycles. The number of unbranched alkanes of at least 4 members (excludes halogenated alkanes) is 39. The number of ether oxygens (including phenoxy) is 3. The zero-order valence-corrected chi connectivity index (χ0v) is 47.2. The minimum absolute atomic E-state index is 0.0836. The van der Waals surface area contributed by atoms with Crippen molar-refractivity contribution in [3.05, 3.63) is 60.8 Å². The summed E-state index contributed by atoms with van der Waals surface area (Å²) in [7, 11) is 0. The normalized spacial score (nSPS) is 12.4. The largest absolute Gasteiger partial charge is 0.462 e. The SMILES string of the molecule is CC\C=C/C=C\C=C/C=C\C=C/CCCCCC(=O)OCC(COC(=O)CCCCCCCCCCCCCCCCCCCCC)OC(=O)CCCCCCCCCCCCCCCCCCCCC. The Labute approximate surface area is 440 Å². The van der Waals surface area contributed by atoms with Crippen molar-refractivity contribution >= 4 is 17.9 Å². The summed E-state index contributed by atoms with van der Waals surface area (Å²) in [6.07, 6.45) is 75.1. The molecule has 0 radical (unpaired) electrons. The van der Waals surface area contributed by atoms with Crippen molar-refractivity contribution < 1.29 is 28.6 Å². The molecule has 0 fully saturated rings. The van der Waals surface area contributed by atoms with Crippen LogP contribution in [0.2, 0.25) is 0 Å². The van der Waals surface area contributed by atoms with Crippen LogP contribution in [0, 0.1) is 0 Å². The number of rotatable bonds is 56. The molecule has 412 valence electrons. The fraction of sp³-hybridized carbons (Fsp3) is 0.800. The average molecular weight is 994 g/mol. The molecule has 0 amide bonds. The summed E-state index contributed by atoms with van der Waals surface area (Å²) in [5.41, 5.74) is 0. The van der Waals surface area contributed by atoms with Gasteiger partial charge in [0.05, 0.1) is 0 Å². The van der Waals surface area contributed by atoms with E-state index in [4.69, 9.17) is 14.2 Å². The van der Waals surface area contributed by atoms with Crippen LogP contribution in [0.3, 0.4) is 0 Å². The average Bonchev–Trinajstić information content (AvgIpc) is 3.37. The molecule has 0 aromatic carbocycles. The molecule has 0 aromatic heterocycles. The predicted molar refractivity (Wildman–Crippen MR) is 307 cm³/mol. The fourth-order valence-electron chi connectivity index (χ4n) is 9.06. The highest BCUT2D eigenvalue weighted by molar-refractivity contribution is 5.71. The Bertz CT molecular complexity index is 1280. The van der Waals surface area contributed by atoms with Gasteiger partial charge in [0.1, 0.15) is 13.2 Å². The van der Waals surface area contributed by atoms with Gasteiger partial charge in [-0.2, -0.15) is 0 Å². The van der Waals surface area contributed by atoms with Crippen LogP contribution in [0.1, 0.15) is 316 Å². The highest BCUT2D eigenvalue weighted by Crippen LogP contribution is 2.18. The van der Waals surface area contributed by atoms with Crippen molar-refractivity contribution in [1.29, 1.82) is 0 Å². The lowest BCUT2D eigenvalue weighted by atomic mass is 10.0. The van der Waals surface area contributed by atoms with Gasteiger partial charge in [0.2, 0.25) is 0 Å². The molecule has 71 heavy (non-hydrogen) atoms. The molecule has 6 nitrogen and oxygen atoms in total. The fourth-order valence-corrected chi connectivity index (χ4v) is 9.06. The summed E-state index contributed by atoms with van der Waals surface area (Å²) in [5, 5.41) is 0. The Morgan fingerprint density at radius 2 is 0.549 bits per heavy atom. The van der Waals surface area contributed by atoms with Crippen LogP contribution in [0.4, 0.5) is 0 Å². The van der Waals surface area contributed by atoms with Gasteiger partial charge in [-0.1, -0.05) is 319 Å². The van der Waals surface area contributed by atoms with Gasteiger partial charge in [-0.05, 0) is 38.5 Å². The van der Waals surface area contributed by atoms with E-state index in [-0.39, 0.29) is 31.1 Å². The topological polar surface area (TPSA) is 78.9 Å². The zero-order valence-electron chi connectivity index (χ0n) is 47.2. The Morgan fingerprint density at radius 1 is 0.296 bits per heavy atom. The molecule has 0 spiro atoms. The third-order valence-electron chi connectivity index (χ3n) is 13.7. The van der Waals surface area contributed by atoms with Crippen molar-refractivity contribution in [2.24, 2.45) is 0 Å². The van der Waals surface area contributed by atoms with Crippen LogP contribution in [0.15, 0.2) is 60.8 Å². The lowest BCUT2D eigenvalue weighted by Crippen LogP contribution is -2.30. The molecule has 0 bridgehead atoms. The minimum Gasteiger partial charge on any atom is -0.462 e. The number of carbonyl (C=O) groups excluding carboxylic acids is 3. The van der Waals surface area contributed by atoms with E-state index in [0.29, 0.717) is 19.3 Å². The van der Waals surface area contributed by atoms with Gasteiger partial charge < -0.3 is 14.2 Å². The van der Waals surface area contributed by atoms with Gasteiger partial charge >= 0.3 is 17.9 Å². The molecule has 0 saturated carbocycles. The Kier molecular flexibility index (Phi) is 57.2. The second-order valence-electron chi connectivity index (χ2n) is 20.7. The first kappa shape index (κ1) is 68.1. The molecular formula is C65H116O6. The molecule has 0 N–H and O–H groups in total. The number of allylic oxidation sites excluding steroid dienone is 10. The van der Waals surface area contributed by atoms with E-state index >= 15 is 0 Å². The third-order valence-corrected chi connectivity index (χ3v) is 13.7. The predicted octanol–water partition coefficient (Wildman–Crippen LogP) is 20.8. The van der Waals surface area contributed by atoms with E-state index in [0.717, 1.165) is 70.6 Å². The van der Waals surface area contributed by atoms with E-state index < -0.39 is 6.10 Å². The van der Waals surface area contributed by atoms with E-state index in [9.17, 15) is 14.4 Å². The number of carbonyl (C=O) groups is 3. The van der Waals surface area contributed by atoms with Crippen molar-refractivity contribution in [2.75, 3.05) is 13.2 Å². The van der Waals surface area contributed by atoms with Crippen molar-refractivity contribution in [2.45, 2.75) is 322 Å². The van der Waals surface area contributed by atoms with Crippen LogP contribution < -0.4 is 0 Å². The first-order valence-electron chi connectivity index (χ1n) is 30.9. The highest BCUT2D eigenvalue weighted by Gasteiger charge is 2.19. The van der Waals surface area contributed by atoms with Crippen molar-refractivity contribution in [1.82, 2.24) is 0 Å². The third kappa shape index (κ3) is 57.9. The van der Waals surface area contributed by atoms with Crippen LogP contribution in [0.25, 0.3) is 0 Å². The molecular weight excluding hydrogens is 877 g/mol. The molecule has 0 aliphatic carbocycles.